The number of likely N-dealkylation sites (N-methyl/N-ethyl adjacent to an activating group) is 1. The molecule has 1 saturated heterocycles. The lowest BCUT2D eigenvalue weighted by molar-refractivity contribution is -0.136. The summed E-state index contributed by atoms with van der Waals surface area (Å²) in [6, 6.07) is -0.119. The van der Waals surface area contributed by atoms with Crippen molar-refractivity contribution in [3.05, 3.63) is 11.6 Å². The van der Waals surface area contributed by atoms with Crippen molar-refractivity contribution in [1.82, 2.24) is 10.2 Å². The molecule has 0 saturated carbocycles. The van der Waals surface area contributed by atoms with Gasteiger partial charge >= 0.3 is 5.97 Å². The van der Waals surface area contributed by atoms with Gasteiger partial charge in [0.15, 0.2) is 0 Å². The number of carbonyl (C=O) groups is 2. The molecule has 1 unspecified atom stereocenters. The molecule has 1 amide bonds. The van der Waals surface area contributed by atoms with Crippen LogP contribution in [0.2, 0.25) is 0 Å². The minimum Gasteiger partial charge on any atom is -0.466 e. The van der Waals surface area contributed by atoms with Gasteiger partial charge in [-0.25, -0.2) is 4.79 Å². The Labute approximate surface area is 102 Å². The van der Waals surface area contributed by atoms with Crippen LogP contribution >= 0.6 is 0 Å². The van der Waals surface area contributed by atoms with E-state index in [0.717, 1.165) is 13.0 Å². The highest BCUT2D eigenvalue weighted by molar-refractivity contribution is 5.88. The third kappa shape index (κ3) is 3.56. The molecule has 1 rings (SSSR count). The molecule has 0 aromatic carbocycles. The summed E-state index contributed by atoms with van der Waals surface area (Å²) in [5.41, 5.74) is 0.638. The number of nitrogens with zero attached hydrogens (tertiary/aromatic N) is 1. The van der Waals surface area contributed by atoms with Crippen LogP contribution < -0.4 is 5.32 Å². The average Bonchev–Trinajstić information content (AvgIpc) is 2.65. The van der Waals surface area contributed by atoms with E-state index in [0.29, 0.717) is 18.5 Å². The monoisotopic (exact) mass is 240 g/mol. The van der Waals surface area contributed by atoms with Crippen molar-refractivity contribution in [2.45, 2.75) is 25.8 Å². The molecule has 0 aromatic heterocycles. The summed E-state index contributed by atoms with van der Waals surface area (Å²) in [4.78, 5) is 24.6. The second-order valence-corrected chi connectivity index (χ2v) is 4.08. The molecule has 0 radical (unpaired) electrons. The van der Waals surface area contributed by atoms with Crippen molar-refractivity contribution in [2.24, 2.45) is 0 Å². The number of carbonyl (C=O) groups excluding carboxylic acids is 2. The lowest BCUT2D eigenvalue weighted by Crippen LogP contribution is -2.37. The van der Waals surface area contributed by atoms with Crippen LogP contribution in [0.15, 0.2) is 11.6 Å². The number of nitrogens with one attached hydrogen (secondary N) is 1. The summed E-state index contributed by atoms with van der Waals surface area (Å²) in [5, 5.41) is 3.13. The van der Waals surface area contributed by atoms with Gasteiger partial charge < -0.3 is 15.0 Å². The zero-order chi connectivity index (χ0) is 12.8. The minimum atomic E-state index is -0.302. The summed E-state index contributed by atoms with van der Waals surface area (Å²) in [6.45, 7) is 3.21. The molecular formula is C12H20N2O3. The van der Waals surface area contributed by atoms with E-state index in [9.17, 15) is 9.59 Å². The Morgan fingerprint density at radius 3 is 2.82 bits per heavy atom. The summed E-state index contributed by atoms with van der Waals surface area (Å²) < 4.78 is 4.65. The molecule has 1 aliphatic heterocycles. The quantitative estimate of drug-likeness (QED) is 0.555. The van der Waals surface area contributed by atoms with Crippen LogP contribution in [-0.4, -0.2) is 50.1 Å². The fraction of sp³-hybridized carbons (Fsp3) is 0.667. The lowest BCUT2D eigenvalue weighted by atomic mass is 10.2. The van der Waals surface area contributed by atoms with Crippen LogP contribution in [0.25, 0.3) is 0 Å². The average molecular weight is 240 g/mol. The number of hydrogen-bond donors (Lipinski definition) is 1. The fourth-order valence-electron chi connectivity index (χ4n) is 1.84. The smallest absolute Gasteiger partial charge is 0.333 e. The fourth-order valence-corrected chi connectivity index (χ4v) is 1.84. The van der Waals surface area contributed by atoms with Crippen LogP contribution in [0.1, 0.15) is 19.8 Å². The predicted molar refractivity (Wildman–Crippen MR) is 64.4 cm³/mol. The van der Waals surface area contributed by atoms with E-state index in [4.69, 9.17) is 0 Å². The van der Waals surface area contributed by atoms with Crippen molar-refractivity contribution in [2.75, 3.05) is 27.2 Å². The van der Waals surface area contributed by atoms with Crippen molar-refractivity contribution < 1.29 is 14.3 Å². The molecule has 1 fully saturated rings. The highest BCUT2D eigenvalue weighted by Crippen LogP contribution is 2.08. The van der Waals surface area contributed by atoms with Crippen LogP contribution in [0.4, 0.5) is 0 Å². The maximum Gasteiger partial charge on any atom is 0.333 e. The van der Waals surface area contributed by atoms with E-state index in [1.54, 1.807) is 18.0 Å². The molecule has 0 bridgehead atoms. The first kappa shape index (κ1) is 13.7. The van der Waals surface area contributed by atoms with Crippen molar-refractivity contribution in [1.29, 1.82) is 0 Å². The molecule has 1 heterocycles. The standard InChI is InChI=1S/C12H20N2O3/c1-4-9(12(16)17-3)5-7-13-10-6-8-14(2)11(10)15/h5,10,13H,4,6-8H2,1-3H3. The summed E-state index contributed by atoms with van der Waals surface area (Å²) in [7, 11) is 3.17. The number of esters is 1. The summed E-state index contributed by atoms with van der Waals surface area (Å²) >= 11 is 0. The lowest BCUT2D eigenvalue weighted by Gasteiger charge is -2.11. The first-order valence-corrected chi connectivity index (χ1v) is 5.85. The number of rotatable bonds is 5. The Hall–Kier alpha value is -1.36. The van der Waals surface area contributed by atoms with Gasteiger partial charge in [-0.2, -0.15) is 0 Å². The van der Waals surface area contributed by atoms with Gasteiger partial charge in [-0.05, 0) is 12.8 Å². The number of hydrogen-bond acceptors (Lipinski definition) is 4. The van der Waals surface area contributed by atoms with Gasteiger partial charge in [0.2, 0.25) is 5.91 Å². The van der Waals surface area contributed by atoms with Gasteiger partial charge in [-0.15, -0.1) is 0 Å². The Kier molecular flexibility index (Phi) is 5.15. The molecule has 0 aromatic rings. The van der Waals surface area contributed by atoms with Crippen LogP contribution in [0, 0.1) is 0 Å². The SMILES string of the molecule is CCC(=CCNC1CCN(C)C1=O)C(=O)OC. The van der Waals surface area contributed by atoms with Crippen LogP contribution in [0.3, 0.4) is 0 Å². The van der Waals surface area contributed by atoms with Crippen molar-refractivity contribution >= 4 is 11.9 Å². The maximum absolute atomic E-state index is 11.6. The number of likely N-dealkylation sites (tertiary alicyclic amines) is 1. The Bertz CT molecular complexity index is 326. The minimum absolute atomic E-state index is 0.119. The summed E-state index contributed by atoms with van der Waals surface area (Å²) in [6.07, 6.45) is 3.24. The van der Waals surface area contributed by atoms with Crippen LogP contribution in [-0.2, 0) is 14.3 Å². The highest BCUT2D eigenvalue weighted by atomic mass is 16.5. The molecule has 0 aliphatic carbocycles. The first-order chi connectivity index (χ1) is 8.10. The molecule has 5 nitrogen and oxygen atoms in total. The molecule has 5 heteroatoms. The number of methoxy groups -OCH3 is 1. The number of amides is 1. The molecule has 17 heavy (non-hydrogen) atoms. The van der Waals surface area contributed by atoms with Gasteiger partial charge in [0.1, 0.15) is 0 Å². The van der Waals surface area contributed by atoms with E-state index in [1.165, 1.54) is 7.11 Å². The largest absolute Gasteiger partial charge is 0.466 e. The molecule has 0 spiro atoms. The van der Waals surface area contributed by atoms with E-state index >= 15 is 0 Å². The topological polar surface area (TPSA) is 58.6 Å². The predicted octanol–water partition coefficient (Wildman–Crippen LogP) is 0.316. The first-order valence-electron chi connectivity index (χ1n) is 5.85. The van der Waals surface area contributed by atoms with E-state index in [-0.39, 0.29) is 17.9 Å². The third-order valence-corrected chi connectivity index (χ3v) is 2.97. The zero-order valence-electron chi connectivity index (χ0n) is 10.7. The second-order valence-electron chi connectivity index (χ2n) is 4.08. The molecule has 1 N–H and O–H groups in total. The Balaban J connectivity index is 2.43. The molecular weight excluding hydrogens is 220 g/mol. The molecule has 1 aliphatic rings. The Morgan fingerprint density at radius 1 is 1.65 bits per heavy atom. The third-order valence-electron chi connectivity index (χ3n) is 2.97. The van der Waals surface area contributed by atoms with Crippen LogP contribution in [0.5, 0.6) is 0 Å². The maximum atomic E-state index is 11.6. The number of ether oxygens (including phenoxy) is 1. The second kappa shape index (κ2) is 6.39. The summed E-state index contributed by atoms with van der Waals surface area (Å²) in [5.74, 6) is -0.182. The van der Waals surface area contributed by atoms with Gasteiger partial charge in [0, 0.05) is 25.7 Å². The van der Waals surface area contributed by atoms with E-state index in [2.05, 4.69) is 10.1 Å². The van der Waals surface area contributed by atoms with E-state index < -0.39 is 0 Å². The van der Waals surface area contributed by atoms with Gasteiger partial charge in [0.05, 0.1) is 13.2 Å². The highest BCUT2D eigenvalue weighted by Gasteiger charge is 2.27. The molecule has 1 atom stereocenters. The van der Waals surface area contributed by atoms with E-state index in [1.807, 2.05) is 6.92 Å². The Morgan fingerprint density at radius 2 is 2.35 bits per heavy atom. The normalized spacial score (nSPS) is 20.9. The van der Waals surface area contributed by atoms with Gasteiger partial charge in [-0.1, -0.05) is 13.0 Å². The zero-order valence-corrected chi connectivity index (χ0v) is 10.7. The van der Waals surface area contributed by atoms with Crippen molar-refractivity contribution in [3.63, 3.8) is 0 Å². The molecule has 96 valence electrons. The van der Waals surface area contributed by atoms with Gasteiger partial charge in [0.25, 0.3) is 0 Å². The van der Waals surface area contributed by atoms with Crippen molar-refractivity contribution in [3.8, 4) is 0 Å². The van der Waals surface area contributed by atoms with Gasteiger partial charge in [-0.3, -0.25) is 4.79 Å².